The minimum Gasteiger partial charge on any atom is -0.383 e. The molecule has 0 saturated carbocycles. The van der Waals surface area contributed by atoms with Gasteiger partial charge < -0.3 is 16.6 Å². The van der Waals surface area contributed by atoms with Crippen molar-refractivity contribution >= 4 is 39.3 Å². The maximum atomic E-state index is 13.5. The molecule has 0 radical (unpaired) electrons. The van der Waals surface area contributed by atoms with Crippen LogP contribution < -0.4 is 16.9 Å². The Hall–Kier alpha value is -2.37. The molecule has 0 fully saturated rings. The molecule has 2 aliphatic heterocycles. The topological polar surface area (TPSA) is 148 Å². The summed E-state index contributed by atoms with van der Waals surface area (Å²) in [5, 5.41) is 9.47. The molecule has 9 nitrogen and oxygen atoms in total. The first-order valence-corrected chi connectivity index (χ1v) is 9.82. The number of aliphatic hydroxyl groups excluding tert-OH is 1. The van der Waals surface area contributed by atoms with E-state index in [9.17, 15) is 14.3 Å². The fourth-order valence-corrected chi connectivity index (χ4v) is 4.01. The van der Waals surface area contributed by atoms with Crippen LogP contribution in [0.4, 0.5) is 4.39 Å². The van der Waals surface area contributed by atoms with Crippen molar-refractivity contribution in [3.63, 3.8) is 0 Å². The number of carbonyl (C=O) groups is 1. The average Bonchev–Trinajstić information content (AvgIpc) is 2.63. The van der Waals surface area contributed by atoms with Gasteiger partial charge >= 0.3 is 0 Å². The standard InChI is InChI=1S/C18H22BrFN6O3/c1-8-15-13(25-18(22)23-8)7-12(10-3-2-9(20)6-11(10)19)24-17(15)26-29-5-4-14(27)16(21)28/h2-3,6,12-15,27H,4-5,7H2,1H3,(H2,21,28)(H2,22,25)(H,24,26)/t12?,13-,14+,15?/m1/s1. The SMILES string of the molecule is CC1=NC(N)=N[C@@H]2CC(c3ccc(F)cc3Br)N=C(NOCC[C@H](O)C(N)=O)C12. The van der Waals surface area contributed by atoms with Crippen molar-refractivity contribution in [3.05, 3.63) is 34.1 Å². The zero-order valence-electron chi connectivity index (χ0n) is 15.7. The van der Waals surface area contributed by atoms with Gasteiger partial charge in [-0.05, 0) is 31.0 Å². The Bertz CT molecular complexity index is 890. The summed E-state index contributed by atoms with van der Waals surface area (Å²) in [5.74, 6) is -0.722. The fraction of sp³-hybridized carbons (Fsp3) is 0.444. The molecule has 1 aromatic rings. The molecule has 4 atom stereocenters. The lowest BCUT2D eigenvalue weighted by Crippen LogP contribution is -2.47. The van der Waals surface area contributed by atoms with Crippen LogP contribution in [-0.2, 0) is 9.63 Å². The summed E-state index contributed by atoms with van der Waals surface area (Å²) < 4.78 is 14.1. The number of amides is 1. The van der Waals surface area contributed by atoms with E-state index < -0.39 is 12.0 Å². The van der Waals surface area contributed by atoms with Gasteiger partial charge in [-0.25, -0.2) is 14.4 Å². The van der Waals surface area contributed by atoms with Gasteiger partial charge in [0.25, 0.3) is 0 Å². The van der Waals surface area contributed by atoms with E-state index >= 15 is 0 Å². The van der Waals surface area contributed by atoms with Crippen molar-refractivity contribution < 1.29 is 19.1 Å². The summed E-state index contributed by atoms with van der Waals surface area (Å²) in [6.45, 7) is 1.87. The van der Waals surface area contributed by atoms with Crippen LogP contribution >= 0.6 is 15.9 Å². The lowest BCUT2D eigenvalue weighted by molar-refractivity contribution is -0.127. The predicted molar refractivity (Wildman–Crippen MR) is 110 cm³/mol. The van der Waals surface area contributed by atoms with Gasteiger partial charge in [-0.3, -0.25) is 20.1 Å². The summed E-state index contributed by atoms with van der Waals surface area (Å²) in [6.07, 6.45) is -0.689. The third-order valence-electron chi connectivity index (χ3n) is 4.80. The highest BCUT2D eigenvalue weighted by molar-refractivity contribution is 9.10. The van der Waals surface area contributed by atoms with Gasteiger partial charge in [-0.15, -0.1) is 0 Å². The Morgan fingerprint density at radius 1 is 1.48 bits per heavy atom. The monoisotopic (exact) mass is 468 g/mol. The van der Waals surface area contributed by atoms with Crippen LogP contribution in [0.15, 0.2) is 37.6 Å². The lowest BCUT2D eigenvalue weighted by Gasteiger charge is -2.35. The zero-order valence-corrected chi connectivity index (χ0v) is 17.3. The van der Waals surface area contributed by atoms with Crippen molar-refractivity contribution in [1.82, 2.24) is 5.48 Å². The Kier molecular flexibility index (Phi) is 6.60. The normalized spacial score (nSPS) is 24.7. The van der Waals surface area contributed by atoms with Crippen molar-refractivity contribution in [2.45, 2.75) is 38.0 Å². The van der Waals surface area contributed by atoms with Gasteiger partial charge in [0, 0.05) is 16.6 Å². The lowest BCUT2D eigenvalue weighted by atomic mass is 9.84. The highest BCUT2D eigenvalue weighted by Crippen LogP contribution is 2.37. The molecule has 2 unspecified atom stereocenters. The van der Waals surface area contributed by atoms with Crippen molar-refractivity contribution in [2.24, 2.45) is 32.4 Å². The van der Waals surface area contributed by atoms with Crippen molar-refractivity contribution in [3.8, 4) is 0 Å². The number of nitrogens with one attached hydrogen (secondary N) is 1. The second kappa shape index (κ2) is 8.97. The molecular formula is C18H22BrFN6O3. The van der Waals surface area contributed by atoms with Crippen molar-refractivity contribution in [2.75, 3.05) is 6.61 Å². The molecule has 0 aliphatic carbocycles. The van der Waals surface area contributed by atoms with Gasteiger partial charge in [-0.1, -0.05) is 22.0 Å². The second-order valence-electron chi connectivity index (χ2n) is 6.87. The number of aliphatic imine (C=N–C) groups is 3. The molecule has 156 valence electrons. The molecule has 29 heavy (non-hydrogen) atoms. The Labute approximate surface area is 175 Å². The van der Waals surface area contributed by atoms with Gasteiger partial charge in [0.2, 0.25) is 11.9 Å². The molecule has 0 spiro atoms. The summed E-state index contributed by atoms with van der Waals surface area (Å²) in [7, 11) is 0. The van der Waals surface area contributed by atoms with Crippen LogP contribution in [0.3, 0.4) is 0 Å². The van der Waals surface area contributed by atoms with E-state index in [1.807, 2.05) is 6.92 Å². The van der Waals surface area contributed by atoms with E-state index in [-0.39, 0.29) is 42.8 Å². The molecule has 0 saturated heterocycles. The summed E-state index contributed by atoms with van der Waals surface area (Å²) >= 11 is 3.39. The van der Waals surface area contributed by atoms with Crippen LogP contribution in [0.5, 0.6) is 0 Å². The average molecular weight is 469 g/mol. The highest BCUT2D eigenvalue weighted by Gasteiger charge is 2.39. The number of benzene rings is 1. The van der Waals surface area contributed by atoms with Crippen LogP contribution in [0.25, 0.3) is 0 Å². The number of amidine groups is 1. The molecule has 2 aliphatic rings. The maximum Gasteiger partial charge on any atom is 0.246 e. The third kappa shape index (κ3) is 4.98. The Morgan fingerprint density at radius 2 is 2.24 bits per heavy atom. The number of halogens is 2. The molecular weight excluding hydrogens is 447 g/mol. The van der Waals surface area contributed by atoms with Crippen molar-refractivity contribution in [1.29, 1.82) is 0 Å². The summed E-state index contributed by atoms with van der Waals surface area (Å²) in [4.78, 5) is 29.7. The van der Waals surface area contributed by atoms with E-state index in [1.165, 1.54) is 12.1 Å². The number of primary amides is 1. The minimum atomic E-state index is -1.29. The number of aliphatic hydroxyl groups is 1. The van der Waals surface area contributed by atoms with E-state index in [4.69, 9.17) is 21.3 Å². The molecule has 11 heteroatoms. The first kappa shape index (κ1) is 21.3. The van der Waals surface area contributed by atoms with Gasteiger partial charge in [-0.2, -0.15) is 0 Å². The van der Waals surface area contributed by atoms with Gasteiger partial charge in [0.1, 0.15) is 17.8 Å². The fourth-order valence-electron chi connectivity index (χ4n) is 3.40. The van der Waals surface area contributed by atoms with E-state index in [2.05, 4.69) is 31.4 Å². The van der Waals surface area contributed by atoms with E-state index in [0.29, 0.717) is 16.7 Å². The van der Waals surface area contributed by atoms with Gasteiger partial charge in [0.05, 0.1) is 24.6 Å². The maximum absolute atomic E-state index is 13.5. The quantitative estimate of drug-likeness (QED) is 0.362. The third-order valence-corrected chi connectivity index (χ3v) is 5.48. The first-order valence-electron chi connectivity index (χ1n) is 9.02. The smallest absolute Gasteiger partial charge is 0.246 e. The molecule has 0 bridgehead atoms. The van der Waals surface area contributed by atoms with E-state index in [0.717, 1.165) is 11.3 Å². The van der Waals surface area contributed by atoms with E-state index in [1.54, 1.807) is 6.07 Å². The molecule has 1 aromatic carbocycles. The number of hydroxylamine groups is 1. The summed E-state index contributed by atoms with van der Waals surface area (Å²) in [5.41, 5.74) is 15.2. The largest absolute Gasteiger partial charge is 0.383 e. The number of fused-ring (bicyclic) bond motifs is 1. The van der Waals surface area contributed by atoms with Crippen LogP contribution in [0.2, 0.25) is 0 Å². The zero-order chi connectivity index (χ0) is 21.1. The molecule has 3 rings (SSSR count). The molecule has 1 amide bonds. The molecule has 0 aromatic heterocycles. The van der Waals surface area contributed by atoms with Crippen LogP contribution in [0.1, 0.15) is 31.4 Å². The summed E-state index contributed by atoms with van der Waals surface area (Å²) in [6, 6.07) is 3.91. The Balaban J connectivity index is 1.82. The number of carbonyl (C=O) groups excluding carboxylic acids is 1. The molecule has 6 N–H and O–H groups in total. The first-order chi connectivity index (χ1) is 13.8. The second-order valence-corrected chi connectivity index (χ2v) is 7.73. The number of rotatable bonds is 6. The Morgan fingerprint density at radius 3 is 2.93 bits per heavy atom. The number of hydrogen-bond donors (Lipinski definition) is 4. The predicted octanol–water partition coefficient (Wildman–Crippen LogP) is 0.963. The number of nitrogens with zero attached hydrogens (tertiary/aromatic N) is 3. The van der Waals surface area contributed by atoms with Crippen LogP contribution in [0, 0.1) is 11.7 Å². The minimum absolute atomic E-state index is 0.0347. The van der Waals surface area contributed by atoms with Crippen LogP contribution in [-0.4, -0.2) is 47.3 Å². The number of guanidine groups is 1. The highest BCUT2D eigenvalue weighted by atomic mass is 79.9. The molecule has 2 heterocycles. The number of hydrogen-bond acceptors (Lipinski definition) is 8. The van der Waals surface area contributed by atoms with Gasteiger partial charge in [0.15, 0.2) is 0 Å². The number of nitrogens with two attached hydrogens (primary N) is 2.